The van der Waals surface area contributed by atoms with Gasteiger partial charge in [-0.05, 0) is 97.8 Å². The van der Waals surface area contributed by atoms with Gasteiger partial charge in [-0.3, -0.25) is 0 Å². The second kappa shape index (κ2) is 14.6. The van der Waals surface area contributed by atoms with Gasteiger partial charge in [0, 0.05) is 38.2 Å². The largest absolute Gasteiger partial charge is 0.308 e. The third kappa shape index (κ3) is 5.92. The number of para-hydroxylation sites is 2. The predicted molar refractivity (Wildman–Crippen MR) is 249 cm³/mol. The molecule has 0 saturated heterocycles. The molecular formula is C55H35N7. The number of hydrogen-bond donors (Lipinski definition) is 0. The van der Waals surface area contributed by atoms with Crippen molar-refractivity contribution in [2.24, 2.45) is 0 Å². The number of benzene rings is 8. The van der Waals surface area contributed by atoms with E-state index in [4.69, 9.17) is 15.0 Å². The highest BCUT2D eigenvalue weighted by Crippen LogP contribution is 2.41. The molecule has 0 aliphatic rings. The first-order valence-electron chi connectivity index (χ1n) is 20.5. The van der Waals surface area contributed by atoms with Crippen LogP contribution in [-0.4, -0.2) is 24.1 Å². The van der Waals surface area contributed by atoms with E-state index >= 15 is 0 Å². The monoisotopic (exact) mass is 793 g/mol. The molecule has 0 unspecified atom stereocenters. The van der Waals surface area contributed by atoms with Crippen molar-refractivity contribution in [1.82, 2.24) is 24.1 Å². The van der Waals surface area contributed by atoms with E-state index in [0.29, 0.717) is 28.6 Å². The zero-order valence-corrected chi connectivity index (χ0v) is 33.9. The van der Waals surface area contributed by atoms with Crippen molar-refractivity contribution in [2.45, 2.75) is 13.8 Å². The summed E-state index contributed by atoms with van der Waals surface area (Å²) in [6, 6.07) is 64.3. The van der Waals surface area contributed by atoms with Crippen LogP contribution >= 0.6 is 0 Å². The molecular weight excluding hydrogens is 759 g/mol. The highest BCUT2D eigenvalue weighted by Gasteiger charge is 2.23. The number of hydrogen-bond acceptors (Lipinski definition) is 5. The van der Waals surface area contributed by atoms with Gasteiger partial charge in [-0.25, -0.2) is 15.0 Å². The van der Waals surface area contributed by atoms with Crippen LogP contribution in [0.25, 0.3) is 100 Å². The molecule has 0 aliphatic carbocycles. The summed E-state index contributed by atoms with van der Waals surface area (Å²) in [6.07, 6.45) is 0. The first-order chi connectivity index (χ1) is 30.5. The molecule has 0 bridgehead atoms. The molecule has 3 aromatic heterocycles. The van der Waals surface area contributed by atoms with Crippen molar-refractivity contribution in [1.29, 1.82) is 10.5 Å². The Balaban J connectivity index is 1.23. The molecule has 0 aliphatic heterocycles. The standard InChI is InChI=1S/C55H35N7/c1-34-20-26-49-45(28-34)41-16-8-10-18-47(41)61(49)51-30-36(32-56)22-24-43(51)54-58-53(37-12-4-3-5-13-37)59-55(60-54)44-25-23-38(40-15-7-6-14-39(40)33-57)31-52(44)62-48-19-11-9-17-42(48)46-29-35(2)21-27-50(46)62/h3-31H,1-2H3. The number of aromatic nitrogens is 5. The molecule has 0 radical (unpaired) electrons. The third-order valence-corrected chi connectivity index (χ3v) is 11.8. The van der Waals surface area contributed by atoms with Gasteiger partial charge in [0.25, 0.3) is 0 Å². The minimum atomic E-state index is 0.467. The molecule has 0 spiro atoms. The van der Waals surface area contributed by atoms with Crippen molar-refractivity contribution in [3.8, 4) is 68.8 Å². The summed E-state index contributed by atoms with van der Waals surface area (Å²) in [5.74, 6) is 1.46. The van der Waals surface area contributed by atoms with Gasteiger partial charge in [0.15, 0.2) is 17.5 Å². The van der Waals surface area contributed by atoms with E-state index in [1.54, 1.807) is 0 Å². The summed E-state index contributed by atoms with van der Waals surface area (Å²) in [4.78, 5) is 15.9. The van der Waals surface area contributed by atoms with Crippen molar-refractivity contribution < 1.29 is 0 Å². The van der Waals surface area contributed by atoms with Crippen LogP contribution in [0.15, 0.2) is 176 Å². The predicted octanol–water partition coefficient (Wildman–Crippen LogP) is 13.1. The van der Waals surface area contributed by atoms with E-state index in [0.717, 1.165) is 88.4 Å². The maximum atomic E-state index is 10.3. The summed E-state index contributed by atoms with van der Waals surface area (Å²) in [5, 5.41) is 25.0. The second-order valence-corrected chi connectivity index (χ2v) is 15.7. The van der Waals surface area contributed by atoms with Crippen LogP contribution in [-0.2, 0) is 0 Å². The summed E-state index contributed by atoms with van der Waals surface area (Å²) < 4.78 is 4.51. The molecule has 11 aromatic rings. The lowest BCUT2D eigenvalue weighted by molar-refractivity contribution is 1.06. The Bertz CT molecular complexity index is 3690. The molecule has 0 saturated carbocycles. The second-order valence-electron chi connectivity index (χ2n) is 15.7. The quantitative estimate of drug-likeness (QED) is 0.167. The Kier molecular flexibility index (Phi) is 8.56. The number of nitriles is 2. The Morgan fingerprint density at radius 3 is 1.52 bits per heavy atom. The van der Waals surface area contributed by atoms with Crippen molar-refractivity contribution in [3.63, 3.8) is 0 Å². The summed E-state index contributed by atoms with van der Waals surface area (Å²) >= 11 is 0. The van der Waals surface area contributed by atoms with Crippen molar-refractivity contribution in [3.05, 3.63) is 198 Å². The molecule has 3 heterocycles. The van der Waals surface area contributed by atoms with Crippen LogP contribution in [0.2, 0.25) is 0 Å². The van der Waals surface area contributed by atoms with Gasteiger partial charge < -0.3 is 9.13 Å². The normalized spacial score (nSPS) is 11.4. The molecule has 7 heteroatoms. The molecule has 7 nitrogen and oxygen atoms in total. The fourth-order valence-electron chi connectivity index (χ4n) is 8.91. The molecule has 11 rings (SSSR count). The minimum Gasteiger partial charge on any atom is -0.308 e. The Morgan fingerprint density at radius 1 is 0.387 bits per heavy atom. The fourth-order valence-corrected chi connectivity index (χ4v) is 8.91. The van der Waals surface area contributed by atoms with Gasteiger partial charge in [0.2, 0.25) is 0 Å². The van der Waals surface area contributed by atoms with E-state index in [2.05, 4.69) is 126 Å². The van der Waals surface area contributed by atoms with E-state index in [-0.39, 0.29) is 0 Å². The molecule has 62 heavy (non-hydrogen) atoms. The lowest BCUT2D eigenvalue weighted by Gasteiger charge is -2.18. The van der Waals surface area contributed by atoms with E-state index < -0.39 is 0 Å². The van der Waals surface area contributed by atoms with Crippen molar-refractivity contribution >= 4 is 43.6 Å². The van der Waals surface area contributed by atoms with Crippen LogP contribution in [0.4, 0.5) is 0 Å². The number of fused-ring (bicyclic) bond motifs is 6. The topological polar surface area (TPSA) is 96.1 Å². The fraction of sp³-hybridized carbons (Fsp3) is 0.0364. The molecule has 0 amide bonds. The highest BCUT2D eigenvalue weighted by atomic mass is 15.1. The number of rotatable bonds is 6. The maximum absolute atomic E-state index is 10.3. The van der Waals surface area contributed by atoms with Gasteiger partial charge in [-0.15, -0.1) is 0 Å². The molecule has 290 valence electrons. The zero-order chi connectivity index (χ0) is 41.9. The Morgan fingerprint density at radius 2 is 0.903 bits per heavy atom. The smallest absolute Gasteiger partial charge is 0.166 e. The Labute approximate surface area is 357 Å². The molecule has 0 atom stereocenters. The first-order valence-corrected chi connectivity index (χ1v) is 20.5. The maximum Gasteiger partial charge on any atom is 0.166 e. The third-order valence-electron chi connectivity index (χ3n) is 11.8. The van der Waals surface area contributed by atoms with Crippen LogP contribution in [0.5, 0.6) is 0 Å². The van der Waals surface area contributed by atoms with Gasteiger partial charge in [-0.2, -0.15) is 10.5 Å². The van der Waals surface area contributed by atoms with Crippen LogP contribution in [0.3, 0.4) is 0 Å². The summed E-state index contributed by atoms with van der Waals surface area (Å²) in [7, 11) is 0. The zero-order valence-electron chi connectivity index (χ0n) is 33.9. The minimum absolute atomic E-state index is 0.467. The average Bonchev–Trinajstić information content (AvgIpc) is 3.83. The van der Waals surface area contributed by atoms with Gasteiger partial charge >= 0.3 is 0 Å². The van der Waals surface area contributed by atoms with Gasteiger partial charge in [-0.1, -0.05) is 114 Å². The summed E-state index contributed by atoms with van der Waals surface area (Å²) in [5.41, 5.74) is 13.3. The average molecular weight is 794 g/mol. The van der Waals surface area contributed by atoms with Crippen LogP contribution < -0.4 is 0 Å². The van der Waals surface area contributed by atoms with Gasteiger partial charge in [0.1, 0.15) is 0 Å². The lowest BCUT2D eigenvalue weighted by atomic mass is 9.97. The Hall–Kier alpha value is -8.65. The van der Waals surface area contributed by atoms with E-state index in [1.165, 1.54) is 5.56 Å². The number of aryl methyl sites for hydroxylation is 2. The first kappa shape index (κ1) is 36.4. The molecule has 0 N–H and O–H groups in total. The lowest BCUT2D eigenvalue weighted by Crippen LogP contribution is -2.06. The summed E-state index contributed by atoms with van der Waals surface area (Å²) in [6.45, 7) is 4.22. The van der Waals surface area contributed by atoms with E-state index in [1.807, 2.05) is 84.9 Å². The van der Waals surface area contributed by atoms with Gasteiger partial charge in [0.05, 0.1) is 56.7 Å². The SMILES string of the molecule is Cc1ccc2c(c1)c1ccccc1n2-c1cc(C#N)ccc1-c1nc(-c2ccccc2)nc(-c2ccc(-c3ccccc3C#N)cc2-n2c3ccccc3c3cc(C)ccc32)n1. The van der Waals surface area contributed by atoms with Crippen LogP contribution in [0.1, 0.15) is 22.3 Å². The van der Waals surface area contributed by atoms with E-state index in [9.17, 15) is 10.5 Å². The number of nitrogens with zero attached hydrogens (tertiary/aromatic N) is 7. The highest BCUT2D eigenvalue weighted by molar-refractivity contribution is 6.11. The molecule has 8 aromatic carbocycles. The van der Waals surface area contributed by atoms with Crippen LogP contribution in [0, 0.1) is 36.5 Å². The molecule has 0 fully saturated rings. The van der Waals surface area contributed by atoms with Crippen molar-refractivity contribution in [2.75, 3.05) is 0 Å².